The first-order chi connectivity index (χ1) is 56.0. The molecule has 672 valence electrons. The van der Waals surface area contributed by atoms with E-state index in [2.05, 4.69) is 20.3 Å². The second-order valence-corrected chi connectivity index (χ2v) is 34.3. The summed E-state index contributed by atoms with van der Waals surface area (Å²) in [6.07, 6.45) is -2.42. The monoisotopic (exact) mass is 1690 g/mol. The summed E-state index contributed by atoms with van der Waals surface area (Å²) < 4.78 is 67.5. The van der Waals surface area contributed by atoms with E-state index in [1.54, 1.807) is 105 Å². The molecular weight excluding hydrogens is 1560 g/mol. The lowest BCUT2D eigenvalue weighted by Gasteiger charge is -2.50. The summed E-state index contributed by atoms with van der Waals surface area (Å²) in [5.41, 5.74) is -4.51. The number of aromatic carboxylic acids is 1. The maximum Gasteiger partial charge on any atom is 0.354 e. The van der Waals surface area contributed by atoms with Crippen LogP contribution >= 0.6 is 0 Å². The number of Topliss-reactive ketones (excluding diaryl/α,β-unsaturated/α-hetero) is 2. The molecule has 0 spiro atoms. The number of fused-ring (bicyclic) bond motifs is 14. The zero-order valence-corrected chi connectivity index (χ0v) is 73.9. The minimum absolute atomic E-state index is 0.0559. The van der Waals surface area contributed by atoms with E-state index in [-0.39, 0.29) is 87.4 Å². The van der Waals surface area contributed by atoms with Gasteiger partial charge in [-0.15, -0.1) is 0 Å². The first-order valence-corrected chi connectivity index (χ1v) is 41.1. The van der Waals surface area contributed by atoms with Crippen molar-refractivity contribution in [1.82, 2.24) is 19.8 Å². The minimum atomic E-state index is -2.04. The molecule has 0 unspecified atom stereocenters. The van der Waals surface area contributed by atoms with Gasteiger partial charge in [-0.25, -0.2) is 9.78 Å². The Labute approximate surface area is 703 Å². The first kappa shape index (κ1) is 99.3. The Balaban J connectivity index is 0.000000301. The summed E-state index contributed by atoms with van der Waals surface area (Å²) in [5.74, 6) is -13.8. The van der Waals surface area contributed by atoms with Crippen molar-refractivity contribution in [2.75, 3.05) is 74.0 Å². The van der Waals surface area contributed by atoms with Crippen LogP contribution in [0, 0.1) is 54.3 Å². The third-order valence-electron chi connectivity index (χ3n) is 25.0. The highest BCUT2D eigenvalue weighted by molar-refractivity contribution is 6.24. The highest BCUT2D eigenvalue weighted by Gasteiger charge is 2.56. The van der Waals surface area contributed by atoms with Gasteiger partial charge in [0.25, 0.3) is 11.7 Å². The number of ether oxygens (including phenoxy) is 11. The summed E-state index contributed by atoms with van der Waals surface area (Å²) in [6.45, 7) is 32.1. The van der Waals surface area contributed by atoms with E-state index in [0.717, 1.165) is 13.1 Å². The molecule has 7 aliphatic heterocycles. The zero-order valence-electron chi connectivity index (χ0n) is 73.9. The normalized spacial score (nSPS) is 37.7. The number of nitrogens with one attached hydrogen (secondary N) is 1. The fourth-order valence-electron chi connectivity index (χ4n) is 17.0. The molecule has 5 bridgehead atoms. The van der Waals surface area contributed by atoms with Crippen molar-refractivity contribution in [3.05, 3.63) is 82.9 Å². The molecule has 10 rings (SSSR count). The van der Waals surface area contributed by atoms with Gasteiger partial charge in [0.2, 0.25) is 0 Å². The number of aromatic nitrogens is 1. The molecular formula is C87H132N6O27. The maximum absolute atomic E-state index is 14.4. The van der Waals surface area contributed by atoms with Crippen LogP contribution in [-0.2, 0) is 66.5 Å². The van der Waals surface area contributed by atoms with Crippen molar-refractivity contribution < 1.29 is 132 Å². The van der Waals surface area contributed by atoms with Gasteiger partial charge >= 0.3 is 23.7 Å². The number of phenols is 3. The number of hydrazone groups is 1. The van der Waals surface area contributed by atoms with Crippen LogP contribution < -0.4 is 10.1 Å². The molecule has 4 saturated heterocycles. The number of rotatable bonds is 13. The van der Waals surface area contributed by atoms with Crippen molar-refractivity contribution in [2.24, 2.45) is 52.4 Å². The Morgan fingerprint density at radius 2 is 1.40 bits per heavy atom. The molecule has 7 aliphatic rings. The number of aliphatic hydroxyl groups excluding tert-OH is 5. The van der Waals surface area contributed by atoms with Gasteiger partial charge in [-0.1, -0.05) is 79.7 Å². The Bertz CT molecular complexity index is 4150. The lowest BCUT2D eigenvalue weighted by atomic mass is 9.74. The van der Waals surface area contributed by atoms with Gasteiger partial charge in [-0.05, 0) is 114 Å². The number of anilines is 1. The number of likely N-dealkylation sites (N-methyl/N-ethyl adjacent to an activating group) is 2. The lowest BCUT2D eigenvalue weighted by Crippen LogP contribution is -2.61. The lowest BCUT2D eigenvalue weighted by molar-refractivity contribution is -0.319. The number of hydrogen-bond acceptors (Lipinski definition) is 31. The molecule has 120 heavy (non-hydrogen) atoms. The highest BCUT2D eigenvalue weighted by Crippen LogP contribution is 2.55. The second kappa shape index (κ2) is 41.6. The number of esters is 2. The fraction of sp³-hybridized carbons (Fsp3) is 0.678. The molecule has 33 nitrogen and oxygen atoms in total. The summed E-state index contributed by atoms with van der Waals surface area (Å²) in [5, 5.41) is 121. The van der Waals surface area contributed by atoms with Crippen molar-refractivity contribution in [2.45, 2.75) is 265 Å². The Hall–Kier alpha value is -7.84. The van der Waals surface area contributed by atoms with E-state index in [0.29, 0.717) is 19.5 Å². The summed E-state index contributed by atoms with van der Waals surface area (Å²) in [4.78, 5) is 86.4. The number of aliphatic hydroxyl groups is 6. The summed E-state index contributed by atoms with van der Waals surface area (Å²) in [7, 11) is 10.2. The largest absolute Gasteiger partial charge is 0.507 e. The number of methoxy groups -OCH3 is 3. The third kappa shape index (κ3) is 22.2. The fourth-order valence-corrected chi connectivity index (χ4v) is 17.0. The van der Waals surface area contributed by atoms with Crippen LogP contribution in [0.2, 0.25) is 0 Å². The number of allylic oxidation sites excluding steroid dienone is 2. The minimum Gasteiger partial charge on any atom is -0.507 e. The SMILES string of the molecule is CC[C@H]1OC(=O)[C@H](C)[C@@H](O[C@H]2C[C@@](C)(OC)[C@@H](O)[C@H](C)O2)[C@H](C)[C@@H](O[C@@H]2O[C@H](C)C[C@H](N(C)C)[C@H]2O)[C@](C)(OC)C[C@@H](C)C(=O)[C@H](C)[C@@H](O)[C@]1(C)O.CO[C@H]1/C=C/O[C@@]2(C)Oc3c(C)c(O)c4c(O)c(c(/C=N/N5CCN(C)CC5)c(O)c4c3C2=O)NC(=O)/C(C)=C\C=C\[C@H](C)[C@H](O)[C@@H](C)[C@@H](O)[C@@H](C)[C@H](OC(C)=O)[C@@H]1C.O=C(O)c1ccccn1. The Morgan fingerprint density at radius 3 is 1.97 bits per heavy atom. The quantitative estimate of drug-likeness (QED) is 0.0340. The number of aromatic hydroxyl groups is 3. The number of amides is 1. The number of piperazine rings is 1. The number of nitrogens with zero attached hydrogens (tertiary/aromatic N) is 5. The van der Waals surface area contributed by atoms with Crippen molar-refractivity contribution in [3.8, 4) is 23.0 Å². The van der Waals surface area contributed by atoms with Crippen LogP contribution in [0.4, 0.5) is 5.69 Å². The van der Waals surface area contributed by atoms with Crippen molar-refractivity contribution >= 4 is 58.1 Å². The van der Waals surface area contributed by atoms with Gasteiger partial charge in [0, 0.05) is 138 Å². The number of ketones is 2. The van der Waals surface area contributed by atoms with E-state index in [1.165, 1.54) is 92.8 Å². The zero-order chi connectivity index (χ0) is 90.0. The van der Waals surface area contributed by atoms with E-state index in [4.69, 9.17) is 57.2 Å². The van der Waals surface area contributed by atoms with Gasteiger partial charge in [0.05, 0.1) is 101 Å². The van der Waals surface area contributed by atoms with Crippen LogP contribution in [0.25, 0.3) is 10.8 Å². The van der Waals surface area contributed by atoms with Gasteiger partial charge < -0.3 is 118 Å². The van der Waals surface area contributed by atoms with Crippen LogP contribution in [0.1, 0.15) is 175 Å². The summed E-state index contributed by atoms with van der Waals surface area (Å²) >= 11 is 0. The molecule has 0 radical (unpaired) electrons. The van der Waals surface area contributed by atoms with E-state index >= 15 is 0 Å². The number of carbonyl (C=O) groups excluding carboxylic acids is 5. The van der Waals surface area contributed by atoms with E-state index in [1.807, 2.05) is 39.9 Å². The third-order valence-corrected chi connectivity index (χ3v) is 25.0. The number of carboxylic acids is 1. The van der Waals surface area contributed by atoms with Crippen LogP contribution in [-0.4, -0.2) is 296 Å². The number of hydrogen-bond donors (Lipinski definition) is 11. The van der Waals surface area contributed by atoms with Crippen LogP contribution in [0.5, 0.6) is 23.0 Å². The van der Waals surface area contributed by atoms with Gasteiger partial charge in [0.15, 0.2) is 18.3 Å². The molecule has 4 fully saturated rings. The predicted octanol–water partition coefficient (Wildman–Crippen LogP) is 7.55. The summed E-state index contributed by atoms with van der Waals surface area (Å²) in [6, 6.07) is 4.47. The molecule has 0 saturated carbocycles. The van der Waals surface area contributed by atoms with Gasteiger partial charge in [0.1, 0.15) is 58.7 Å². The number of benzene rings is 2. The number of phenolic OH excluding ortho intramolecular Hbond substituents is 3. The Morgan fingerprint density at radius 1 is 0.758 bits per heavy atom. The predicted molar refractivity (Wildman–Crippen MR) is 443 cm³/mol. The van der Waals surface area contributed by atoms with Crippen molar-refractivity contribution in [3.63, 3.8) is 0 Å². The molecule has 2 aromatic carbocycles. The van der Waals surface area contributed by atoms with Gasteiger partial charge in [-0.3, -0.25) is 29.0 Å². The number of pyridine rings is 1. The second-order valence-electron chi connectivity index (χ2n) is 34.3. The topological polar surface area (TPSA) is 453 Å². The molecule has 33 heteroatoms. The Kier molecular flexibility index (Phi) is 34.4. The average Bonchev–Trinajstić information content (AvgIpc) is 1.43. The number of cyclic esters (lactones) is 1. The first-order valence-electron chi connectivity index (χ1n) is 41.1. The molecule has 27 atom stereocenters. The molecule has 1 amide bonds. The molecule has 3 aromatic rings. The maximum atomic E-state index is 14.4. The smallest absolute Gasteiger partial charge is 0.354 e. The molecule has 8 heterocycles. The van der Waals surface area contributed by atoms with Crippen LogP contribution in [0.15, 0.2) is 65.6 Å². The standard InChI is InChI=1S/C43H58N4O12.C38H69NO13.C6H5NO2/c1-21-12-11-13-22(2)42(55)45-33-28(20-44-47-17-15-46(9)16-18-47)37(52)30-31(38(33)53)36(51)26(6)40-32(30)41(54)43(8,59-40)57-19-14-29(56-10)23(3)39(58-27(7)48)25(5)35(50)24(4)34(21)49;1-15-26-38(10,45)31(42)21(4)28(40)19(2)17-37(9,47-14)33(52-35-29(41)25(39(11)12)16-20(3)48-35)22(5)30(23(6)34(44)50-26)51-27-18-36(8,46-13)32(43)24(7)49-27;8-6(9)5-3-1-2-4-7-5/h11-14,19-21,23-25,29,34-35,39,49-53H,15-18H2,1-10H3,(H,45,55);19-27,29-33,35,41-43,45H,15-18H2,1-14H3;1-4H,(H,8,9)/b12-11+,19-14+,22-13-,44-20+;;/t21-,23+,24+,25+,29-,34-,35+,39+,43-;19-,20-,21+,22+,23-,24+,25+,26-,27+,29-,30+,31-,32+,33-,35+,36-,37-,38-;/m01./s1. The molecule has 0 aliphatic carbocycles. The number of carboxylic acid groups (broad SMARTS) is 1. The van der Waals surface area contributed by atoms with E-state index < -0.39 is 197 Å². The molecule has 1 aromatic heterocycles. The number of carbonyl (C=O) groups is 6. The van der Waals surface area contributed by atoms with E-state index in [9.17, 15) is 74.7 Å². The highest BCUT2D eigenvalue weighted by atomic mass is 16.7. The van der Waals surface area contributed by atoms with Crippen LogP contribution in [0.3, 0.4) is 0 Å². The molecule has 11 N–H and O–H groups in total. The van der Waals surface area contributed by atoms with Crippen molar-refractivity contribution in [1.29, 1.82) is 0 Å². The average molecular weight is 1690 g/mol. The van der Waals surface area contributed by atoms with Gasteiger partial charge in [-0.2, -0.15) is 5.10 Å².